The van der Waals surface area contributed by atoms with E-state index in [2.05, 4.69) is 5.32 Å². The summed E-state index contributed by atoms with van der Waals surface area (Å²) < 4.78 is 19.0. The Hall–Kier alpha value is -1.13. The molecule has 92 valence electrons. The van der Waals surface area contributed by atoms with Crippen molar-refractivity contribution in [2.45, 2.75) is 57.8 Å². The van der Waals surface area contributed by atoms with E-state index >= 15 is 0 Å². The number of alkyl halides is 1. The molecule has 0 aliphatic heterocycles. The molecule has 5 heteroatoms. The van der Waals surface area contributed by atoms with Gasteiger partial charge in [0.2, 0.25) is 0 Å². The number of nitrogens with one attached hydrogen (secondary N) is 1. The number of hydrogen-bond donors (Lipinski definition) is 1. The standard InChI is InChI=1S/C11H18FNO3/c1-10(2,3)16-9(15)13-11(12)6-4-5-8(14)7-11/h4-7H2,1-3H3,(H,13,15). The smallest absolute Gasteiger partial charge is 0.410 e. The fourth-order valence-electron chi connectivity index (χ4n) is 1.65. The molecule has 1 saturated carbocycles. The number of Topliss-reactive ketones (excluding diaryl/α,β-unsaturated/α-hetero) is 1. The average molecular weight is 231 g/mol. The highest BCUT2D eigenvalue weighted by molar-refractivity contribution is 5.81. The Morgan fingerprint density at radius 1 is 1.50 bits per heavy atom. The van der Waals surface area contributed by atoms with Crippen molar-refractivity contribution in [2.75, 3.05) is 0 Å². The molecule has 1 amide bonds. The van der Waals surface area contributed by atoms with Gasteiger partial charge in [-0.25, -0.2) is 9.18 Å². The van der Waals surface area contributed by atoms with E-state index in [1.807, 2.05) is 0 Å². The minimum atomic E-state index is -1.93. The molecule has 0 heterocycles. The number of ketones is 1. The Morgan fingerprint density at radius 2 is 2.12 bits per heavy atom. The maximum Gasteiger partial charge on any atom is 0.410 e. The lowest BCUT2D eigenvalue weighted by molar-refractivity contribution is -0.125. The fourth-order valence-corrected chi connectivity index (χ4v) is 1.65. The number of carbonyl (C=O) groups excluding carboxylic acids is 2. The van der Waals surface area contributed by atoms with Crippen molar-refractivity contribution in [2.24, 2.45) is 0 Å². The van der Waals surface area contributed by atoms with E-state index in [-0.39, 0.29) is 18.6 Å². The minimum Gasteiger partial charge on any atom is -0.444 e. The third kappa shape index (κ3) is 4.16. The lowest BCUT2D eigenvalue weighted by atomic mass is 9.92. The van der Waals surface area contributed by atoms with Crippen LogP contribution in [0, 0.1) is 0 Å². The van der Waals surface area contributed by atoms with Crippen LogP contribution in [0.15, 0.2) is 0 Å². The normalized spacial score (nSPS) is 26.4. The summed E-state index contributed by atoms with van der Waals surface area (Å²) >= 11 is 0. The molecule has 0 bridgehead atoms. The molecule has 1 unspecified atom stereocenters. The van der Waals surface area contributed by atoms with Crippen molar-refractivity contribution < 1.29 is 18.7 Å². The highest BCUT2D eigenvalue weighted by Crippen LogP contribution is 2.27. The SMILES string of the molecule is CC(C)(C)OC(=O)NC1(F)CCCC(=O)C1. The molecule has 0 saturated heterocycles. The summed E-state index contributed by atoms with van der Waals surface area (Å²) in [5.74, 6) is -2.10. The van der Waals surface area contributed by atoms with Crippen LogP contribution in [-0.4, -0.2) is 23.3 Å². The van der Waals surface area contributed by atoms with Gasteiger partial charge in [-0.3, -0.25) is 10.1 Å². The second kappa shape index (κ2) is 4.39. The minimum absolute atomic E-state index is 0.162. The van der Waals surface area contributed by atoms with Gasteiger partial charge in [0.15, 0.2) is 5.79 Å². The maximum absolute atomic E-state index is 14.0. The van der Waals surface area contributed by atoms with Crippen molar-refractivity contribution in [3.63, 3.8) is 0 Å². The van der Waals surface area contributed by atoms with Crippen LogP contribution in [-0.2, 0) is 9.53 Å². The van der Waals surface area contributed by atoms with Gasteiger partial charge in [-0.2, -0.15) is 0 Å². The summed E-state index contributed by atoms with van der Waals surface area (Å²) in [5.41, 5.74) is -0.668. The zero-order valence-electron chi connectivity index (χ0n) is 9.93. The number of alkyl carbamates (subject to hydrolysis) is 1. The quantitative estimate of drug-likeness (QED) is 0.704. The molecule has 16 heavy (non-hydrogen) atoms. The Morgan fingerprint density at radius 3 is 2.62 bits per heavy atom. The number of halogens is 1. The van der Waals surface area contributed by atoms with Crippen LogP contribution < -0.4 is 5.32 Å². The van der Waals surface area contributed by atoms with Crippen LogP contribution in [0.2, 0.25) is 0 Å². The second-order valence-electron chi connectivity index (χ2n) is 5.16. The average Bonchev–Trinajstić information content (AvgIpc) is 1.96. The molecule has 1 fully saturated rings. The van der Waals surface area contributed by atoms with E-state index in [4.69, 9.17) is 4.74 Å². The van der Waals surface area contributed by atoms with Crippen LogP contribution in [0.4, 0.5) is 9.18 Å². The van der Waals surface area contributed by atoms with Gasteiger partial charge < -0.3 is 4.74 Å². The number of hydrogen-bond acceptors (Lipinski definition) is 3. The molecule has 1 rings (SSSR count). The summed E-state index contributed by atoms with van der Waals surface area (Å²) in [6, 6.07) is 0. The molecule has 1 aliphatic rings. The predicted molar refractivity (Wildman–Crippen MR) is 56.7 cm³/mol. The predicted octanol–water partition coefficient (Wildman–Crippen LogP) is 2.32. The maximum atomic E-state index is 14.0. The first-order valence-corrected chi connectivity index (χ1v) is 5.42. The van der Waals surface area contributed by atoms with E-state index < -0.39 is 17.5 Å². The molecule has 1 aliphatic carbocycles. The molecule has 1 atom stereocenters. The van der Waals surface area contributed by atoms with Crippen molar-refractivity contribution >= 4 is 11.9 Å². The molecule has 0 spiro atoms. The Balaban J connectivity index is 2.52. The van der Waals surface area contributed by atoms with Gasteiger partial charge in [0.1, 0.15) is 11.4 Å². The summed E-state index contributed by atoms with van der Waals surface area (Å²) in [7, 11) is 0. The lowest BCUT2D eigenvalue weighted by Crippen LogP contribution is -2.49. The van der Waals surface area contributed by atoms with Gasteiger partial charge >= 0.3 is 6.09 Å². The van der Waals surface area contributed by atoms with Gasteiger partial charge in [-0.15, -0.1) is 0 Å². The first-order chi connectivity index (χ1) is 7.20. The molecule has 0 aromatic rings. The summed E-state index contributed by atoms with van der Waals surface area (Å²) in [6.07, 6.45) is -0.0542. The Kier molecular flexibility index (Phi) is 3.55. The number of ether oxygens (including phenoxy) is 1. The van der Waals surface area contributed by atoms with Crippen molar-refractivity contribution in [3.05, 3.63) is 0 Å². The second-order valence-corrected chi connectivity index (χ2v) is 5.16. The van der Waals surface area contributed by atoms with Crippen LogP contribution in [0.25, 0.3) is 0 Å². The van der Waals surface area contributed by atoms with Crippen molar-refractivity contribution in [1.29, 1.82) is 0 Å². The molecule has 4 nitrogen and oxygen atoms in total. The number of carbonyl (C=O) groups is 2. The first-order valence-electron chi connectivity index (χ1n) is 5.42. The zero-order chi connectivity index (χ0) is 12.4. The Bertz CT molecular complexity index is 298. The van der Waals surface area contributed by atoms with E-state index in [1.165, 1.54) is 0 Å². The largest absolute Gasteiger partial charge is 0.444 e. The third-order valence-electron chi connectivity index (χ3n) is 2.23. The van der Waals surface area contributed by atoms with Crippen molar-refractivity contribution in [1.82, 2.24) is 5.32 Å². The number of amides is 1. The third-order valence-corrected chi connectivity index (χ3v) is 2.23. The fraction of sp³-hybridized carbons (Fsp3) is 0.818. The zero-order valence-corrected chi connectivity index (χ0v) is 9.93. The molecular formula is C11H18FNO3. The van der Waals surface area contributed by atoms with E-state index in [9.17, 15) is 14.0 Å². The van der Waals surface area contributed by atoms with Gasteiger partial charge in [0.05, 0.1) is 6.42 Å². The van der Waals surface area contributed by atoms with Gasteiger partial charge in [0, 0.05) is 12.8 Å². The van der Waals surface area contributed by atoms with Gasteiger partial charge in [0.25, 0.3) is 0 Å². The van der Waals surface area contributed by atoms with Crippen LogP contribution in [0.5, 0.6) is 0 Å². The van der Waals surface area contributed by atoms with Crippen molar-refractivity contribution in [3.8, 4) is 0 Å². The first kappa shape index (κ1) is 12.9. The van der Waals surface area contributed by atoms with Crippen LogP contribution in [0.1, 0.15) is 46.5 Å². The summed E-state index contributed by atoms with van der Waals surface area (Å²) in [5, 5.41) is 2.13. The van der Waals surface area contributed by atoms with E-state index in [0.717, 1.165) is 0 Å². The van der Waals surface area contributed by atoms with Gasteiger partial charge in [-0.05, 0) is 27.2 Å². The Labute approximate surface area is 94.5 Å². The number of rotatable bonds is 1. The van der Waals surface area contributed by atoms with Gasteiger partial charge in [-0.1, -0.05) is 0 Å². The van der Waals surface area contributed by atoms with E-state index in [1.54, 1.807) is 20.8 Å². The molecule has 0 aromatic heterocycles. The highest BCUT2D eigenvalue weighted by atomic mass is 19.1. The summed E-state index contributed by atoms with van der Waals surface area (Å²) in [6.45, 7) is 5.09. The monoisotopic (exact) mass is 231 g/mol. The molecule has 0 aromatic carbocycles. The topological polar surface area (TPSA) is 55.4 Å². The van der Waals surface area contributed by atoms with Crippen LogP contribution in [0.3, 0.4) is 0 Å². The molecular weight excluding hydrogens is 213 g/mol. The van der Waals surface area contributed by atoms with E-state index in [0.29, 0.717) is 12.8 Å². The highest BCUT2D eigenvalue weighted by Gasteiger charge is 2.38. The lowest BCUT2D eigenvalue weighted by Gasteiger charge is -2.30. The van der Waals surface area contributed by atoms with Crippen LogP contribution >= 0.6 is 0 Å². The molecule has 0 radical (unpaired) electrons. The molecule has 1 N–H and O–H groups in total. The summed E-state index contributed by atoms with van der Waals surface area (Å²) in [4.78, 5) is 22.5.